The van der Waals surface area contributed by atoms with Crippen LogP contribution < -0.4 is 4.72 Å². The molecule has 2 rings (SSSR count). The van der Waals surface area contributed by atoms with Crippen LogP contribution in [-0.2, 0) is 11.3 Å². The molecule has 1 unspecified atom stereocenters. The average Bonchev–Trinajstić information content (AvgIpc) is 2.59. The Morgan fingerprint density at radius 1 is 1.40 bits per heavy atom. The number of fused-ring (bicyclic) bond motifs is 1. The van der Waals surface area contributed by atoms with Gasteiger partial charge in [-0.15, -0.1) is 0 Å². The molecule has 0 saturated heterocycles. The van der Waals surface area contributed by atoms with Crippen LogP contribution in [0.2, 0.25) is 0 Å². The van der Waals surface area contributed by atoms with Gasteiger partial charge < -0.3 is 9.54 Å². The van der Waals surface area contributed by atoms with E-state index in [4.69, 9.17) is 0 Å². The van der Waals surface area contributed by atoms with Gasteiger partial charge in [-0.05, 0) is 12.1 Å². The number of hydrogen-bond donors (Lipinski definition) is 2. The molecule has 0 saturated carbocycles. The second kappa shape index (κ2) is 3.84. The van der Waals surface area contributed by atoms with E-state index in [2.05, 4.69) is 4.98 Å². The first-order valence-corrected chi connectivity index (χ1v) is 5.22. The predicted molar refractivity (Wildman–Crippen MR) is 54.7 cm³/mol. The fourth-order valence-corrected chi connectivity index (χ4v) is 1.59. The Bertz CT molecular complexity index is 502. The number of benzene rings is 1. The standard InChI is InChI=1S/C9H8N2O3S/c12-9(11-15(13)14)8-5-6-3-1-2-4-7(6)10-8/h1-5,10H,(H,11,12)(H,13,14)/p-1. The minimum absolute atomic E-state index is 0.223. The summed E-state index contributed by atoms with van der Waals surface area (Å²) in [6.07, 6.45) is 0. The largest absolute Gasteiger partial charge is 0.755 e. The highest BCUT2D eigenvalue weighted by atomic mass is 32.2. The minimum Gasteiger partial charge on any atom is -0.755 e. The zero-order valence-corrected chi connectivity index (χ0v) is 8.34. The molecule has 0 aliphatic rings. The molecule has 1 aromatic heterocycles. The Hall–Kier alpha value is -1.66. The molecule has 2 aromatic rings. The van der Waals surface area contributed by atoms with E-state index < -0.39 is 17.2 Å². The smallest absolute Gasteiger partial charge is 0.278 e. The van der Waals surface area contributed by atoms with Crippen molar-refractivity contribution in [3.8, 4) is 0 Å². The normalized spacial score (nSPS) is 12.6. The van der Waals surface area contributed by atoms with Crippen LogP contribution in [0.1, 0.15) is 10.5 Å². The van der Waals surface area contributed by atoms with Crippen LogP contribution in [0.3, 0.4) is 0 Å². The van der Waals surface area contributed by atoms with E-state index in [0.717, 1.165) is 10.9 Å². The van der Waals surface area contributed by atoms with E-state index in [1.165, 1.54) is 0 Å². The number of aromatic nitrogens is 1. The van der Waals surface area contributed by atoms with Crippen molar-refractivity contribution < 1.29 is 13.6 Å². The van der Waals surface area contributed by atoms with E-state index in [1.807, 2.05) is 18.2 Å². The van der Waals surface area contributed by atoms with E-state index in [1.54, 1.807) is 16.9 Å². The van der Waals surface area contributed by atoms with Gasteiger partial charge in [0.1, 0.15) is 5.69 Å². The van der Waals surface area contributed by atoms with E-state index >= 15 is 0 Å². The maximum Gasteiger partial charge on any atom is 0.278 e. The molecule has 0 aliphatic carbocycles. The third kappa shape index (κ3) is 2.05. The number of amides is 1. The van der Waals surface area contributed by atoms with Crippen molar-refractivity contribution in [1.82, 2.24) is 9.71 Å². The number of carbonyl (C=O) groups is 1. The van der Waals surface area contributed by atoms with E-state index in [0.29, 0.717) is 0 Å². The van der Waals surface area contributed by atoms with Gasteiger partial charge in [-0.3, -0.25) is 13.7 Å². The molecule has 0 bridgehead atoms. The van der Waals surface area contributed by atoms with Crippen molar-refractivity contribution in [3.05, 3.63) is 36.0 Å². The number of rotatable bonds is 2. The highest BCUT2D eigenvalue weighted by Crippen LogP contribution is 2.14. The number of H-pyrrole nitrogens is 1. The Morgan fingerprint density at radius 3 is 2.80 bits per heavy atom. The highest BCUT2D eigenvalue weighted by Gasteiger charge is 2.08. The van der Waals surface area contributed by atoms with Crippen LogP contribution in [0.5, 0.6) is 0 Å². The van der Waals surface area contributed by atoms with Crippen LogP contribution in [0.4, 0.5) is 0 Å². The Balaban J connectivity index is 2.36. The number of nitrogens with one attached hydrogen (secondary N) is 2. The topological polar surface area (TPSA) is 85.0 Å². The SMILES string of the molecule is O=C(NS(=O)[O-])c1cc2ccccc2[nH]1. The summed E-state index contributed by atoms with van der Waals surface area (Å²) < 4.78 is 22.3. The van der Waals surface area contributed by atoms with Gasteiger partial charge in [0.25, 0.3) is 5.91 Å². The average molecular weight is 223 g/mol. The van der Waals surface area contributed by atoms with E-state index in [-0.39, 0.29) is 5.69 Å². The molecule has 78 valence electrons. The van der Waals surface area contributed by atoms with Crippen molar-refractivity contribution in [2.24, 2.45) is 0 Å². The molecule has 1 aromatic carbocycles. The number of hydrogen-bond acceptors (Lipinski definition) is 3. The molecule has 2 N–H and O–H groups in total. The lowest BCUT2D eigenvalue weighted by Gasteiger charge is -2.04. The summed E-state index contributed by atoms with van der Waals surface area (Å²) in [6.45, 7) is 0. The van der Waals surface area contributed by atoms with Gasteiger partial charge in [-0.25, -0.2) is 0 Å². The fraction of sp³-hybridized carbons (Fsp3) is 0. The van der Waals surface area contributed by atoms with Crippen molar-refractivity contribution in [3.63, 3.8) is 0 Å². The summed E-state index contributed by atoms with van der Waals surface area (Å²) in [5.41, 5.74) is 1.01. The van der Waals surface area contributed by atoms with Gasteiger partial charge in [0.15, 0.2) is 0 Å². The second-order valence-electron chi connectivity index (χ2n) is 2.94. The molecular weight excluding hydrogens is 216 g/mol. The molecule has 5 nitrogen and oxygen atoms in total. The fourth-order valence-electron chi connectivity index (χ4n) is 1.33. The third-order valence-corrected chi connectivity index (χ3v) is 2.30. The first-order chi connectivity index (χ1) is 7.16. The zero-order valence-electron chi connectivity index (χ0n) is 7.52. The first kappa shape index (κ1) is 9.88. The summed E-state index contributed by atoms with van der Waals surface area (Å²) in [6, 6.07) is 8.89. The van der Waals surface area contributed by atoms with Gasteiger partial charge in [-0.2, -0.15) is 0 Å². The molecule has 0 spiro atoms. The highest BCUT2D eigenvalue weighted by molar-refractivity contribution is 7.77. The Labute approximate surface area is 87.9 Å². The molecule has 0 aliphatic heterocycles. The molecule has 1 heterocycles. The van der Waals surface area contributed by atoms with Crippen molar-refractivity contribution in [1.29, 1.82) is 0 Å². The van der Waals surface area contributed by atoms with Gasteiger partial charge in [0, 0.05) is 22.2 Å². The van der Waals surface area contributed by atoms with Crippen LogP contribution in [0.25, 0.3) is 10.9 Å². The molecule has 0 fully saturated rings. The van der Waals surface area contributed by atoms with E-state index in [9.17, 15) is 13.6 Å². The predicted octanol–water partition coefficient (Wildman–Crippen LogP) is 0.692. The summed E-state index contributed by atoms with van der Waals surface area (Å²) in [5, 5.41) is 0.860. The number of para-hydroxylation sites is 1. The molecule has 15 heavy (non-hydrogen) atoms. The molecule has 0 radical (unpaired) electrons. The first-order valence-electron chi connectivity index (χ1n) is 4.15. The minimum atomic E-state index is -2.59. The lowest BCUT2D eigenvalue weighted by Crippen LogP contribution is -2.25. The third-order valence-electron chi connectivity index (χ3n) is 1.95. The lowest BCUT2D eigenvalue weighted by molar-refractivity contribution is 0.0976. The van der Waals surface area contributed by atoms with Crippen LogP contribution >= 0.6 is 0 Å². The Kier molecular flexibility index (Phi) is 2.53. The summed E-state index contributed by atoms with van der Waals surface area (Å²) in [5.74, 6) is -0.667. The molecule has 1 atom stereocenters. The van der Waals surface area contributed by atoms with Crippen molar-refractivity contribution in [2.45, 2.75) is 0 Å². The van der Waals surface area contributed by atoms with Crippen LogP contribution in [0, 0.1) is 0 Å². The Morgan fingerprint density at radius 2 is 2.13 bits per heavy atom. The summed E-state index contributed by atoms with van der Waals surface area (Å²) >= 11 is -2.59. The van der Waals surface area contributed by atoms with Gasteiger partial charge in [0.05, 0.1) is 0 Å². The molecule has 6 heteroatoms. The molecule has 1 amide bonds. The van der Waals surface area contributed by atoms with Gasteiger partial charge in [0.2, 0.25) is 0 Å². The van der Waals surface area contributed by atoms with Gasteiger partial charge >= 0.3 is 0 Å². The number of aromatic amines is 1. The zero-order chi connectivity index (χ0) is 10.8. The van der Waals surface area contributed by atoms with Gasteiger partial charge in [-0.1, -0.05) is 18.2 Å². The lowest BCUT2D eigenvalue weighted by atomic mass is 10.2. The van der Waals surface area contributed by atoms with Crippen LogP contribution in [0.15, 0.2) is 30.3 Å². The maximum absolute atomic E-state index is 11.3. The quantitative estimate of drug-likeness (QED) is 0.734. The summed E-state index contributed by atoms with van der Waals surface area (Å²) in [7, 11) is 0. The summed E-state index contributed by atoms with van der Waals surface area (Å²) in [4.78, 5) is 14.1. The number of carbonyl (C=O) groups excluding carboxylic acids is 1. The monoisotopic (exact) mass is 223 g/mol. The second-order valence-corrected chi connectivity index (χ2v) is 3.61. The van der Waals surface area contributed by atoms with Crippen LogP contribution in [-0.4, -0.2) is 19.7 Å². The van der Waals surface area contributed by atoms with Crippen molar-refractivity contribution >= 4 is 28.1 Å². The molecular formula is C9H7N2O3S-. The maximum atomic E-state index is 11.3. The van der Waals surface area contributed by atoms with Crippen molar-refractivity contribution in [2.75, 3.05) is 0 Å².